The predicted octanol–water partition coefficient (Wildman–Crippen LogP) is 3.43. The molecule has 0 N–H and O–H groups in total. The van der Waals surface area contributed by atoms with Gasteiger partial charge in [0.05, 0.1) is 13.2 Å². The highest BCUT2D eigenvalue weighted by Crippen LogP contribution is 2.19. The highest BCUT2D eigenvalue weighted by Gasteiger charge is 2.24. The third-order valence-corrected chi connectivity index (χ3v) is 5.36. The first-order chi connectivity index (χ1) is 14.0. The number of carbonyl (C=O) groups excluding carboxylic acids is 1. The van der Waals surface area contributed by atoms with Crippen molar-refractivity contribution < 1.29 is 14.3 Å². The van der Waals surface area contributed by atoms with Gasteiger partial charge in [-0.3, -0.25) is 9.69 Å². The van der Waals surface area contributed by atoms with E-state index in [2.05, 4.69) is 36.9 Å². The van der Waals surface area contributed by atoms with E-state index in [1.54, 1.807) is 0 Å². The van der Waals surface area contributed by atoms with Crippen LogP contribution in [-0.2, 0) is 16.1 Å². The summed E-state index contributed by atoms with van der Waals surface area (Å²) in [6, 6.07) is 16.3. The van der Waals surface area contributed by atoms with Crippen molar-refractivity contribution in [3.8, 4) is 5.75 Å². The molecule has 29 heavy (non-hydrogen) atoms. The van der Waals surface area contributed by atoms with Crippen LogP contribution in [0.2, 0.25) is 0 Å². The second-order valence-corrected chi connectivity index (χ2v) is 7.83. The SMILES string of the molecule is Cc1ccc(OCC(=O)N(Cc2ccccc2)C(C)CN2CCOCC2)c(C)c1. The van der Waals surface area contributed by atoms with E-state index in [9.17, 15) is 4.79 Å². The molecular formula is C24H32N2O3. The van der Waals surface area contributed by atoms with Crippen LogP contribution < -0.4 is 4.74 Å². The Balaban J connectivity index is 1.67. The molecule has 1 atom stereocenters. The van der Waals surface area contributed by atoms with Gasteiger partial charge in [-0.15, -0.1) is 0 Å². The third kappa shape index (κ3) is 6.31. The fraction of sp³-hybridized carbons (Fsp3) is 0.458. The molecule has 5 nitrogen and oxygen atoms in total. The molecule has 1 saturated heterocycles. The summed E-state index contributed by atoms with van der Waals surface area (Å²) in [5.41, 5.74) is 3.36. The number of amides is 1. The normalized spacial score (nSPS) is 15.7. The van der Waals surface area contributed by atoms with Crippen LogP contribution in [0.15, 0.2) is 48.5 Å². The van der Waals surface area contributed by atoms with Crippen molar-refractivity contribution in [3.05, 3.63) is 65.2 Å². The van der Waals surface area contributed by atoms with Crippen molar-refractivity contribution in [2.75, 3.05) is 39.5 Å². The molecule has 1 heterocycles. The lowest BCUT2D eigenvalue weighted by atomic mass is 10.1. The first kappa shape index (κ1) is 21.3. The number of benzene rings is 2. The maximum Gasteiger partial charge on any atom is 0.261 e. The number of nitrogens with zero attached hydrogens (tertiary/aromatic N) is 2. The molecular weight excluding hydrogens is 364 g/mol. The summed E-state index contributed by atoms with van der Waals surface area (Å²) < 4.78 is 11.3. The van der Waals surface area contributed by atoms with Gasteiger partial charge < -0.3 is 14.4 Å². The van der Waals surface area contributed by atoms with Gasteiger partial charge >= 0.3 is 0 Å². The number of morpholine rings is 1. The fourth-order valence-electron chi connectivity index (χ4n) is 3.71. The smallest absolute Gasteiger partial charge is 0.261 e. The average molecular weight is 397 g/mol. The monoisotopic (exact) mass is 396 g/mol. The molecule has 0 spiro atoms. The predicted molar refractivity (Wildman–Crippen MR) is 115 cm³/mol. The average Bonchev–Trinajstić information content (AvgIpc) is 2.72. The fourth-order valence-corrected chi connectivity index (χ4v) is 3.71. The van der Waals surface area contributed by atoms with E-state index in [1.807, 2.05) is 42.2 Å². The number of carbonyl (C=O) groups is 1. The maximum atomic E-state index is 13.1. The minimum Gasteiger partial charge on any atom is -0.483 e. The van der Waals surface area contributed by atoms with Gasteiger partial charge in [-0.05, 0) is 38.0 Å². The van der Waals surface area contributed by atoms with Crippen LogP contribution in [0, 0.1) is 13.8 Å². The van der Waals surface area contributed by atoms with Gasteiger partial charge in [-0.1, -0.05) is 48.0 Å². The lowest BCUT2D eigenvalue weighted by Gasteiger charge is -2.35. The van der Waals surface area contributed by atoms with Crippen LogP contribution in [0.5, 0.6) is 5.75 Å². The minimum atomic E-state index is 0.00888. The summed E-state index contributed by atoms with van der Waals surface area (Å²) in [7, 11) is 0. The molecule has 156 valence electrons. The molecule has 0 radical (unpaired) electrons. The summed E-state index contributed by atoms with van der Waals surface area (Å²) in [4.78, 5) is 17.4. The Kier molecular flexibility index (Phi) is 7.67. The zero-order valence-electron chi connectivity index (χ0n) is 17.8. The minimum absolute atomic E-state index is 0.00888. The van der Waals surface area contributed by atoms with Crippen LogP contribution in [0.3, 0.4) is 0 Å². The highest BCUT2D eigenvalue weighted by molar-refractivity contribution is 5.78. The molecule has 2 aromatic rings. The van der Waals surface area contributed by atoms with Crippen molar-refractivity contribution in [2.24, 2.45) is 0 Å². The standard InChI is InChI=1S/C24H32N2O3/c1-19-9-10-23(20(2)15-19)29-18-24(27)26(17-22-7-5-4-6-8-22)21(3)16-25-11-13-28-14-12-25/h4-10,15,21H,11-14,16-18H2,1-3H3. The molecule has 3 rings (SSSR count). The zero-order valence-corrected chi connectivity index (χ0v) is 17.8. The van der Waals surface area contributed by atoms with E-state index in [0.29, 0.717) is 6.54 Å². The summed E-state index contributed by atoms with van der Waals surface area (Å²) in [5.74, 6) is 0.777. The van der Waals surface area contributed by atoms with Crippen LogP contribution >= 0.6 is 0 Å². The van der Waals surface area contributed by atoms with E-state index >= 15 is 0 Å². The summed E-state index contributed by atoms with van der Waals surface area (Å²) in [6.45, 7) is 11.0. The summed E-state index contributed by atoms with van der Waals surface area (Å²) in [6.07, 6.45) is 0. The molecule has 0 aromatic heterocycles. The van der Waals surface area contributed by atoms with Crippen LogP contribution in [0.25, 0.3) is 0 Å². The van der Waals surface area contributed by atoms with Gasteiger partial charge in [0.2, 0.25) is 0 Å². The van der Waals surface area contributed by atoms with Crippen molar-refractivity contribution in [3.63, 3.8) is 0 Å². The highest BCUT2D eigenvalue weighted by atomic mass is 16.5. The first-order valence-electron chi connectivity index (χ1n) is 10.4. The van der Waals surface area contributed by atoms with Gasteiger partial charge in [-0.2, -0.15) is 0 Å². The molecule has 1 fully saturated rings. The van der Waals surface area contributed by atoms with Gasteiger partial charge in [0.1, 0.15) is 5.75 Å². The molecule has 1 amide bonds. The molecule has 1 unspecified atom stereocenters. The molecule has 0 aliphatic carbocycles. The van der Waals surface area contributed by atoms with Crippen LogP contribution in [0.1, 0.15) is 23.6 Å². The Morgan fingerprint density at radius 2 is 1.86 bits per heavy atom. The Bertz CT molecular complexity index is 788. The van der Waals surface area contributed by atoms with Crippen molar-refractivity contribution in [2.45, 2.75) is 33.4 Å². The molecule has 2 aromatic carbocycles. The molecule has 1 aliphatic heterocycles. The van der Waals surface area contributed by atoms with Gasteiger partial charge in [0.25, 0.3) is 5.91 Å². The van der Waals surface area contributed by atoms with Crippen molar-refractivity contribution in [1.82, 2.24) is 9.80 Å². The van der Waals surface area contributed by atoms with Gasteiger partial charge in [-0.25, -0.2) is 0 Å². The first-order valence-corrected chi connectivity index (χ1v) is 10.4. The third-order valence-electron chi connectivity index (χ3n) is 5.36. The van der Waals surface area contributed by atoms with E-state index < -0.39 is 0 Å². The lowest BCUT2D eigenvalue weighted by Crippen LogP contribution is -2.49. The maximum absolute atomic E-state index is 13.1. The number of hydrogen-bond donors (Lipinski definition) is 0. The Morgan fingerprint density at radius 1 is 1.14 bits per heavy atom. The van der Waals surface area contributed by atoms with E-state index in [0.717, 1.165) is 49.7 Å². The van der Waals surface area contributed by atoms with Gasteiger partial charge in [0.15, 0.2) is 6.61 Å². The Labute approximate surface area is 174 Å². The van der Waals surface area contributed by atoms with Crippen molar-refractivity contribution in [1.29, 1.82) is 0 Å². The largest absolute Gasteiger partial charge is 0.483 e. The van der Waals surface area contributed by atoms with E-state index in [1.165, 1.54) is 5.56 Å². The Hall–Kier alpha value is -2.37. The molecule has 5 heteroatoms. The molecule has 0 bridgehead atoms. The second kappa shape index (κ2) is 10.4. The summed E-state index contributed by atoms with van der Waals surface area (Å²) in [5, 5.41) is 0. The number of aryl methyl sites for hydroxylation is 2. The number of rotatable bonds is 8. The van der Waals surface area contributed by atoms with E-state index in [4.69, 9.17) is 9.47 Å². The van der Waals surface area contributed by atoms with Crippen molar-refractivity contribution >= 4 is 5.91 Å². The van der Waals surface area contributed by atoms with E-state index in [-0.39, 0.29) is 18.6 Å². The molecule has 1 aliphatic rings. The summed E-state index contributed by atoms with van der Waals surface area (Å²) >= 11 is 0. The van der Waals surface area contributed by atoms with Gasteiger partial charge in [0, 0.05) is 32.2 Å². The Morgan fingerprint density at radius 3 is 2.55 bits per heavy atom. The van der Waals surface area contributed by atoms with Crippen LogP contribution in [-0.4, -0.2) is 61.2 Å². The van der Waals surface area contributed by atoms with Crippen LogP contribution in [0.4, 0.5) is 0 Å². The molecule has 0 saturated carbocycles. The number of hydrogen-bond acceptors (Lipinski definition) is 4. The quantitative estimate of drug-likeness (QED) is 0.686. The topological polar surface area (TPSA) is 42.0 Å². The second-order valence-electron chi connectivity index (χ2n) is 7.83. The zero-order chi connectivity index (χ0) is 20.6. The number of ether oxygens (including phenoxy) is 2. The lowest BCUT2D eigenvalue weighted by molar-refractivity contribution is -0.136.